The van der Waals surface area contributed by atoms with Gasteiger partial charge < -0.3 is 9.64 Å². The average Bonchev–Trinajstić information content (AvgIpc) is 2.16. The van der Waals surface area contributed by atoms with E-state index in [2.05, 4.69) is 0 Å². The van der Waals surface area contributed by atoms with Crippen LogP contribution in [0.15, 0.2) is 0 Å². The number of rotatable bonds is 2. The normalized spacial score (nSPS) is 21.9. The van der Waals surface area contributed by atoms with Crippen molar-refractivity contribution in [2.75, 3.05) is 12.4 Å². The summed E-state index contributed by atoms with van der Waals surface area (Å²) in [5.74, 6) is -0.584. The van der Waals surface area contributed by atoms with Gasteiger partial charge in [-0.25, -0.2) is 0 Å². The van der Waals surface area contributed by atoms with Crippen LogP contribution < -0.4 is 0 Å². The maximum Gasteiger partial charge on any atom is 0.304 e. The molecule has 0 spiro atoms. The summed E-state index contributed by atoms with van der Waals surface area (Å²) < 4.78 is 5.03. The van der Waals surface area contributed by atoms with Gasteiger partial charge in [0.1, 0.15) is 5.88 Å². The number of likely N-dealkylation sites (tertiary alicyclic amines) is 1. The second kappa shape index (κ2) is 5.20. The van der Waals surface area contributed by atoms with Crippen LogP contribution in [0.25, 0.3) is 0 Å². The molecule has 0 aromatic carbocycles. The molecule has 1 atom stereocenters. The number of halogens is 1. The Balaban J connectivity index is 2.58. The molecule has 80 valence electrons. The lowest BCUT2D eigenvalue weighted by Gasteiger charge is -2.34. The lowest BCUT2D eigenvalue weighted by atomic mass is 10.1. The van der Waals surface area contributed by atoms with Gasteiger partial charge in [-0.1, -0.05) is 0 Å². The molecule has 0 aromatic rings. The highest BCUT2D eigenvalue weighted by atomic mass is 35.5. The Hall–Kier alpha value is -0.770. The quantitative estimate of drug-likeness (QED) is 0.517. The van der Waals surface area contributed by atoms with E-state index in [1.165, 1.54) is 11.8 Å². The molecular weight excluding hydrogens is 206 g/mol. The minimum atomic E-state index is -0.410. The van der Waals surface area contributed by atoms with Gasteiger partial charge >= 0.3 is 5.97 Å². The summed E-state index contributed by atoms with van der Waals surface area (Å²) in [5.41, 5.74) is 0. The van der Waals surface area contributed by atoms with Gasteiger partial charge in [0.2, 0.25) is 5.91 Å². The van der Waals surface area contributed by atoms with Crippen LogP contribution in [0.5, 0.6) is 0 Å². The zero-order valence-corrected chi connectivity index (χ0v) is 8.92. The number of carbonyl (C=O) groups excluding carboxylic acids is 2. The summed E-state index contributed by atoms with van der Waals surface area (Å²) in [5, 5.41) is 0. The first-order valence-electron chi connectivity index (χ1n) is 4.68. The first kappa shape index (κ1) is 11.3. The Morgan fingerprint density at radius 1 is 1.50 bits per heavy atom. The molecule has 0 bridgehead atoms. The number of hydrogen-bond acceptors (Lipinski definition) is 3. The van der Waals surface area contributed by atoms with Crippen LogP contribution in [0.2, 0.25) is 0 Å². The van der Waals surface area contributed by atoms with Crippen molar-refractivity contribution in [2.45, 2.75) is 32.4 Å². The molecule has 4 nitrogen and oxygen atoms in total. The summed E-state index contributed by atoms with van der Waals surface area (Å²) in [4.78, 5) is 23.7. The molecule has 5 heteroatoms. The number of amides is 1. The van der Waals surface area contributed by atoms with E-state index in [1.807, 2.05) is 0 Å². The molecule has 1 aliphatic heterocycles. The van der Waals surface area contributed by atoms with Crippen molar-refractivity contribution in [3.8, 4) is 0 Å². The molecule has 1 unspecified atom stereocenters. The summed E-state index contributed by atoms with van der Waals surface area (Å²) >= 11 is 5.46. The molecule has 0 saturated carbocycles. The molecule has 0 radical (unpaired) electrons. The van der Waals surface area contributed by atoms with E-state index in [4.69, 9.17) is 16.3 Å². The van der Waals surface area contributed by atoms with Crippen LogP contribution in [0.4, 0.5) is 0 Å². The van der Waals surface area contributed by atoms with Gasteiger partial charge in [0.05, 0.1) is 0 Å². The largest absolute Gasteiger partial charge is 0.442 e. The fourth-order valence-electron chi connectivity index (χ4n) is 1.58. The SMILES string of the molecule is CC(=O)OC1CCCCN1C(=O)CCl. The van der Waals surface area contributed by atoms with Crippen molar-refractivity contribution in [3.05, 3.63) is 0 Å². The fourth-order valence-corrected chi connectivity index (χ4v) is 1.73. The summed E-state index contributed by atoms with van der Waals surface area (Å²) in [7, 11) is 0. The van der Waals surface area contributed by atoms with E-state index < -0.39 is 6.23 Å². The van der Waals surface area contributed by atoms with Crippen molar-refractivity contribution in [1.82, 2.24) is 4.90 Å². The molecule has 1 saturated heterocycles. The predicted octanol–water partition coefficient (Wildman–Crippen LogP) is 1.13. The van der Waals surface area contributed by atoms with Crippen LogP contribution in [0.1, 0.15) is 26.2 Å². The van der Waals surface area contributed by atoms with Crippen molar-refractivity contribution in [3.63, 3.8) is 0 Å². The highest BCUT2D eigenvalue weighted by molar-refractivity contribution is 6.27. The Kier molecular flexibility index (Phi) is 4.20. The van der Waals surface area contributed by atoms with Crippen molar-refractivity contribution >= 4 is 23.5 Å². The molecule has 1 aliphatic rings. The second-order valence-corrected chi connectivity index (χ2v) is 3.55. The number of ether oxygens (including phenoxy) is 1. The zero-order chi connectivity index (χ0) is 10.6. The molecule has 0 aromatic heterocycles. The minimum absolute atomic E-state index is 0.0578. The first-order chi connectivity index (χ1) is 6.65. The maximum atomic E-state index is 11.4. The number of carbonyl (C=O) groups is 2. The van der Waals surface area contributed by atoms with Crippen LogP contribution >= 0.6 is 11.6 Å². The second-order valence-electron chi connectivity index (χ2n) is 3.28. The van der Waals surface area contributed by atoms with E-state index in [1.54, 1.807) is 0 Å². The Morgan fingerprint density at radius 2 is 2.21 bits per heavy atom. The lowest BCUT2D eigenvalue weighted by Crippen LogP contribution is -2.46. The third kappa shape index (κ3) is 2.87. The van der Waals surface area contributed by atoms with E-state index in [-0.39, 0.29) is 17.8 Å². The molecule has 1 heterocycles. The molecular formula is C9H14ClNO3. The van der Waals surface area contributed by atoms with E-state index in [0.717, 1.165) is 12.8 Å². The van der Waals surface area contributed by atoms with Gasteiger partial charge in [-0.3, -0.25) is 9.59 Å². The van der Waals surface area contributed by atoms with Gasteiger partial charge in [0.25, 0.3) is 0 Å². The van der Waals surface area contributed by atoms with Crippen LogP contribution in [-0.4, -0.2) is 35.4 Å². The van der Waals surface area contributed by atoms with Gasteiger partial charge in [-0.05, 0) is 12.8 Å². The Bertz CT molecular complexity index is 232. The number of hydrogen-bond donors (Lipinski definition) is 0. The zero-order valence-electron chi connectivity index (χ0n) is 8.16. The Labute approximate surface area is 88.2 Å². The van der Waals surface area contributed by atoms with E-state index >= 15 is 0 Å². The molecule has 0 N–H and O–H groups in total. The predicted molar refractivity (Wildman–Crippen MR) is 51.8 cm³/mol. The average molecular weight is 220 g/mol. The highest BCUT2D eigenvalue weighted by Crippen LogP contribution is 2.18. The number of alkyl halides is 1. The van der Waals surface area contributed by atoms with Gasteiger partial charge in [-0.2, -0.15) is 0 Å². The summed E-state index contributed by atoms with van der Waals surface area (Å²) in [6.45, 7) is 1.97. The molecule has 1 rings (SSSR count). The lowest BCUT2D eigenvalue weighted by molar-refractivity contribution is -0.165. The van der Waals surface area contributed by atoms with Crippen molar-refractivity contribution < 1.29 is 14.3 Å². The van der Waals surface area contributed by atoms with Crippen LogP contribution in [0.3, 0.4) is 0 Å². The van der Waals surface area contributed by atoms with Crippen molar-refractivity contribution in [2.24, 2.45) is 0 Å². The van der Waals surface area contributed by atoms with Crippen molar-refractivity contribution in [1.29, 1.82) is 0 Å². The summed E-state index contributed by atoms with van der Waals surface area (Å²) in [6, 6.07) is 0. The third-order valence-corrected chi connectivity index (χ3v) is 2.41. The van der Waals surface area contributed by atoms with Gasteiger partial charge in [0, 0.05) is 19.9 Å². The molecule has 1 fully saturated rings. The third-order valence-electron chi connectivity index (χ3n) is 2.18. The minimum Gasteiger partial charge on any atom is -0.442 e. The van der Waals surface area contributed by atoms with Gasteiger partial charge in [-0.15, -0.1) is 11.6 Å². The first-order valence-corrected chi connectivity index (χ1v) is 5.21. The van der Waals surface area contributed by atoms with Crippen LogP contribution in [-0.2, 0) is 14.3 Å². The Morgan fingerprint density at radius 3 is 2.79 bits per heavy atom. The van der Waals surface area contributed by atoms with E-state index in [9.17, 15) is 9.59 Å². The molecule has 1 amide bonds. The highest BCUT2D eigenvalue weighted by Gasteiger charge is 2.27. The standard InChI is InChI=1S/C9H14ClNO3/c1-7(12)14-9-4-2-3-5-11(9)8(13)6-10/h9H,2-6H2,1H3. The van der Waals surface area contributed by atoms with Gasteiger partial charge in [0.15, 0.2) is 6.23 Å². The fraction of sp³-hybridized carbons (Fsp3) is 0.778. The number of nitrogens with zero attached hydrogens (tertiary/aromatic N) is 1. The number of piperidine rings is 1. The summed E-state index contributed by atoms with van der Waals surface area (Å²) in [6.07, 6.45) is 2.22. The monoisotopic (exact) mass is 219 g/mol. The molecule has 14 heavy (non-hydrogen) atoms. The topological polar surface area (TPSA) is 46.6 Å². The maximum absolute atomic E-state index is 11.4. The number of esters is 1. The van der Waals surface area contributed by atoms with E-state index in [0.29, 0.717) is 13.0 Å². The molecule has 0 aliphatic carbocycles. The smallest absolute Gasteiger partial charge is 0.304 e. The van der Waals surface area contributed by atoms with Crippen LogP contribution in [0, 0.1) is 0 Å².